The largest absolute Gasteiger partial charge is 0.508 e. The maximum atomic E-state index is 12.2. The average molecular weight is 387 g/mol. The van der Waals surface area contributed by atoms with Crippen LogP contribution in [0.15, 0.2) is 84.0 Å². The zero-order valence-corrected chi connectivity index (χ0v) is 15.7. The number of carbonyl (C=O) groups excluding carboxylic acids is 1. The lowest BCUT2D eigenvalue weighted by Gasteiger charge is -2.09. The Balaban J connectivity index is 1.56. The molecule has 4 aromatic rings. The van der Waals surface area contributed by atoms with Crippen LogP contribution in [0.3, 0.4) is 0 Å². The van der Waals surface area contributed by atoms with Gasteiger partial charge in [0.05, 0.1) is 17.0 Å². The Morgan fingerprint density at radius 2 is 1.71 bits per heavy atom. The number of hydrogen-bond donors (Lipinski definition) is 2. The van der Waals surface area contributed by atoms with E-state index >= 15 is 0 Å². The van der Waals surface area contributed by atoms with Crippen molar-refractivity contribution >= 4 is 34.3 Å². The van der Waals surface area contributed by atoms with Crippen LogP contribution in [0.5, 0.6) is 5.75 Å². The van der Waals surface area contributed by atoms with E-state index in [0.29, 0.717) is 10.8 Å². The van der Waals surface area contributed by atoms with Gasteiger partial charge in [-0.15, -0.1) is 0 Å². The minimum atomic E-state index is -0.186. The quantitative estimate of drug-likeness (QED) is 0.382. The van der Waals surface area contributed by atoms with Crippen LogP contribution in [-0.4, -0.2) is 26.7 Å². The fraction of sp³-hybridized carbons (Fsp3) is 0.0455. The third-order valence-electron chi connectivity index (χ3n) is 4.09. The summed E-state index contributed by atoms with van der Waals surface area (Å²) in [6.07, 6.45) is 0. The van der Waals surface area contributed by atoms with Crippen molar-refractivity contribution in [1.82, 2.24) is 9.97 Å². The van der Waals surface area contributed by atoms with E-state index in [1.807, 2.05) is 54.6 Å². The van der Waals surface area contributed by atoms with Gasteiger partial charge in [0.15, 0.2) is 5.16 Å². The number of nitrogens with one attached hydrogen (secondary N) is 1. The minimum absolute atomic E-state index is 0.107. The number of fused-ring (bicyclic) bond motifs is 1. The van der Waals surface area contributed by atoms with Gasteiger partial charge in [0.1, 0.15) is 5.75 Å². The second-order valence-electron chi connectivity index (χ2n) is 6.13. The van der Waals surface area contributed by atoms with Gasteiger partial charge in [-0.2, -0.15) is 0 Å². The van der Waals surface area contributed by atoms with Crippen molar-refractivity contribution in [2.75, 3.05) is 11.1 Å². The Morgan fingerprint density at radius 3 is 2.54 bits per heavy atom. The number of nitrogens with zero attached hydrogens (tertiary/aromatic N) is 2. The molecule has 28 heavy (non-hydrogen) atoms. The lowest BCUT2D eigenvalue weighted by molar-refractivity contribution is -0.113. The number of anilines is 1. The molecule has 3 aromatic carbocycles. The third-order valence-corrected chi connectivity index (χ3v) is 4.94. The Labute approximate surface area is 166 Å². The number of carbonyl (C=O) groups is 1. The smallest absolute Gasteiger partial charge is 0.234 e. The second-order valence-corrected chi connectivity index (χ2v) is 7.07. The van der Waals surface area contributed by atoms with Gasteiger partial charge < -0.3 is 10.4 Å². The SMILES string of the molecule is O=C(CSc1nc(-c2ccccc2)c2ccccc2n1)Nc1cccc(O)c1. The highest BCUT2D eigenvalue weighted by Crippen LogP contribution is 2.28. The normalized spacial score (nSPS) is 10.7. The van der Waals surface area contributed by atoms with Gasteiger partial charge in [-0.1, -0.05) is 66.4 Å². The molecule has 0 saturated heterocycles. The molecule has 0 aliphatic heterocycles. The summed E-state index contributed by atoms with van der Waals surface area (Å²) in [5.41, 5.74) is 3.25. The molecule has 1 heterocycles. The molecule has 4 rings (SSSR count). The van der Waals surface area contributed by atoms with E-state index in [1.165, 1.54) is 17.8 Å². The van der Waals surface area contributed by atoms with Crippen molar-refractivity contribution < 1.29 is 9.90 Å². The molecule has 0 fully saturated rings. The molecule has 0 atom stereocenters. The van der Waals surface area contributed by atoms with E-state index in [1.54, 1.807) is 18.2 Å². The lowest BCUT2D eigenvalue weighted by atomic mass is 10.1. The fourth-order valence-electron chi connectivity index (χ4n) is 2.85. The van der Waals surface area contributed by atoms with Crippen molar-refractivity contribution in [3.05, 3.63) is 78.9 Å². The molecule has 0 spiro atoms. The first-order valence-corrected chi connectivity index (χ1v) is 9.71. The van der Waals surface area contributed by atoms with Gasteiger partial charge in [-0.05, 0) is 18.2 Å². The maximum Gasteiger partial charge on any atom is 0.234 e. The summed E-state index contributed by atoms with van der Waals surface area (Å²) in [6, 6.07) is 24.2. The maximum absolute atomic E-state index is 12.2. The standard InChI is InChI=1S/C22H17N3O2S/c26-17-10-6-9-16(13-17)23-20(27)14-28-22-24-19-12-5-4-11-18(19)21(25-22)15-7-2-1-3-8-15/h1-13,26H,14H2,(H,23,27). The number of aromatic nitrogens is 2. The molecule has 0 bridgehead atoms. The topological polar surface area (TPSA) is 75.1 Å². The van der Waals surface area contributed by atoms with Crippen LogP contribution < -0.4 is 5.32 Å². The van der Waals surface area contributed by atoms with Crippen LogP contribution in [0.25, 0.3) is 22.2 Å². The Bertz CT molecular complexity index is 1130. The fourth-order valence-corrected chi connectivity index (χ4v) is 3.50. The predicted octanol–water partition coefficient (Wildman–Crippen LogP) is 4.73. The number of thioether (sulfide) groups is 1. The highest BCUT2D eigenvalue weighted by atomic mass is 32.2. The Hall–Kier alpha value is -3.38. The predicted molar refractivity (Wildman–Crippen MR) is 112 cm³/mol. The molecular weight excluding hydrogens is 370 g/mol. The van der Waals surface area contributed by atoms with E-state index in [4.69, 9.17) is 4.98 Å². The number of phenols is 1. The molecule has 138 valence electrons. The zero-order valence-electron chi connectivity index (χ0n) is 14.9. The van der Waals surface area contributed by atoms with Gasteiger partial charge >= 0.3 is 0 Å². The number of para-hydroxylation sites is 1. The Kier molecular flexibility index (Phi) is 5.21. The van der Waals surface area contributed by atoms with Crippen LogP contribution in [0.1, 0.15) is 0 Å². The van der Waals surface area contributed by atoms with Crippen LogP contribution in [-0.2, 0) is 4.79 Å². The van der Waals surface area contributed by atoms with Crippen molar-refractivity contribution in [3.8, 4) is 17.0 Å². The summed E-state index contributed by atoms with van der Waals surface area (Å²) in [6.45, 7) is 0. The number of amides is 1. The van der Waals surface area contributed by atoms with Gasteiger partial charge in [-0.3, -0.25) is 4.79 Å². The van der Waals surface area contributed by atoms with Crippen LogP contribution in [0.4, 0.5) is 5.69 Å². The second kappa shape index (κ2) is 8.10. The van der Waals surface area contributed by atoms with E-state index < -0.39 is 0 Å². The van der Waals surface area contributed by atoms with E-state index in [2.05, 4.69) is 10.3 Å². The molecular formula is C22H17N3O2S. The Morgan fingerprint density at radius 1 is 0.929 bits per heavy atom. The molecule has 6 heteroatoms. The van der Waals surface area contributed by atoms with Crippen LogP contribution in [0.2, 0.25) is 0 Å². The zero-order chi connectivity index (χ0) is 19.3. The highest BCUT2D eigenvalue weighted by Gasteiger charge is 2.12. The number of phenolic OH excluding ortho intramolecular Hbond substituents is 1. The number of benzene rings is 3. The van der Waals surface area contributed by atoms with Crippen molar-refractivity contribution in [2.45, 2.75) is 5.16 Å². The molecule has 1 amide bonds. The van der Waals surface area contributed by atoms with Crippen molar-refractivity contribution in [3.63, 3.8) is 0 Å². The monoisotopic (exact) mass is 387 g/mol. The molecule has 0 radical (unpaired) electrons. The lowest BCUT2D eigenvalue weighted by Crippen LogP contribution is -2.14. The number of aromatic hydroxyl groups is 1. The summed E-state index contributed by atoms with van der Waals surface area (Å²) in [7, 11) is 0. The molecule has 0 aliphatic carbocycles. The van der Waals surface area contributed by atoms with Crippen LogP contribution in [0, 0.1) is 0 Å². The summed E-state index contributed by atoms with van der Waals surface area (Å²) < 4.78 is 0. The van der Waals surface area contributed by atoms with Gasteiger partial charge in [0.2, 0.25) is 5.91 Å². The minimum Gasteiger partial charge on any atom is -0.508 e. The van der Waals surface area contributed by atoms with E-state index in [0.717, 1.165) is 22.2 Å². The molecule has 2 N–H and O–H groups in total. The van der Waals surface area contributed by atoms with Crippen molar-refractivity contribution in [1.29, 1.82) is 0 Å². The van der Waals surface area contributed by atoms with Gasteiger partial charge in [0.25, 0.3) is 0 Å². The first-order valence-electron chi connectivity index (χ1n) is 8.73. The summed E-state index contributed by atoms with van der Waals surface area (Å²) in [5, 5.41) is 13.8. The summed E-state index contributed by atoms with van der Waals surface area (Å²) in [5.74, 6) is 0.0897. The average Bonchev–Trinajstić information content (AvgIpc) is 2.72. The van der Waals surface area contributed by atoms with E-state index in [-0.39, 0.29) is 17.4 Å². The summed E-state index contributed by atoms with van der Waals surface area (Å²) >= 11 is 1.28. The highest BCUT2D eigenvalue weighted by molar-refractivity contribution is 7.99. The van der Waals surface area contributed by atoms with Gasteiger partial charge in [-0.25, -0.2) is 9.97 Å². The first-order chi connectivity index (χ1) is 13.7. The molecule has 0 aliphatic rings. The molecule has 1 aromatic heterocycles. The third kappa shape index (κ3) is 4.13. The van der Waals surface area contributed by atoms with Crippen LogP contribution >= 0.6 is 11.8 Å². The molecule has 0 saturated carbocycles. The molecule has 0 unspecified atom stereocenters. The molecule has 5 nitrogen and oxygen atoms in total. The number of hydrogen-bond acceptors (Lipinski definition) is 5. The van der Waals surface area contributed by atoms with Gasteiger partial charge in [0, 0.05) is 22.7 Å². The van der Waals surface area contributed by atoms with E-state index in [9.17, 15) is 9.90 Å². The summed E-state index contributed by atoms with van der Waals surface area (Å²) in [4.78, 5) is 21.5. The van der Waals surface area contributed by atoms with Crippen molar-refractivity contribution in [2.24, 2.45) is 0 Å². The number of rotatable bonds is 5. The first kappa shape index (κ1) is 18.0.